The molecule has 0 atom stereocenters. The SMILES string of the molecule is Nc1ccc(F)c(NC(=O)CCCn2cccn2)c1. The van der Waals surface area contributed by atoms with E-state index in [4.69, 9.17) is 5.73 Å². The van der Waals surface area contributed by atoms with E-state index in [1.54, 1.807) is 10.9 Å². The van der Waals surface area contributed by atoms with Gasteiger partial charge in [-0.25, -0.2) is 4.39 Å². The molecule has 0 saturated carbocycles. The number of hydrogen-bond donors (Lipinski definition) is 2. The van der Waals surface area contributed by atoms with Crippen molar-refractivity contribution in [2.45, 2.75) is 19.4 Å². The number of nitrogens with one attached hydrogen (secondary N) is 1. The monoisotopic (exact) mass is 262 g/mol. The van der Waals surface area contributed by atoms with Crippen LogP contribution in [0.3, 0.4) is 0 Å². The molecule has 0 fully saturated rings. The fourth-order valence-corrected chi connectivity index (χ4v) is 1.69. The Balaban J connectivity index is 1.82. The molecule has 2 rings (SSSR count). The number of aromatic nitrogens is 2. The molecule has 0 radical (unpaired) electrons. The van der Waals surface area contributed by atoms with Crippen molar-refractivity contribution in [3.05, 3.63) is 42.5 Å². The second kappa shape index (κ2) is 5.99. The van der Waals surface area contributed by atoms with Crippen LogP contribution in [-0.2, 0) is 11.3 Å². The maximum atomic E-state index is 13.4. The summed E-state index contributed by atoms with van der Waals surface area (Å²) < 4.78 is 15.1. The minimum absolute atomic E-state index is 0.115. The van der Waals surface area contributed by atoms with E-state index in [1.807, 2.05) is 12.3 Å². The van der Waals surface area contributed by atoms with Crippen molar-refractivity contribution in [2.75, 3.05) is 11.1 Å². The van der Waals surface area contributed by atoms with Crippen LogP contribution in [0.5, 0.6) is 0 Å². The van der Waals surface area contributed by atoms with Gasteiger partial charge in [-0.05, 0) is 30.7 Å². The summed E-state index contributed by atoms with van der Waals surface area (Å²) in [4.78, 5) is 11.7. The van der Waals surface area contributed by atoms with E-state index in [0.717, 1.165) is 0 Å². The van der Waals surface area contributed by atoms with E-state index in [9.17, 15) is 9.18 Å². The summed E-state index contributed by atoms with van der Waals surface area (Å²) in [6.45, 7) is 0.653. The van der Waals surface area contributed by atoms with Crippen molar-refractivity contribution in [3.63, 3.8) is 0 Å². The zero-order valence-corrected chi connectivity index (χ0v) is 10.3. The smallest absolute Gasteiger partial charge is 0.224 e. The van der Waals surface area contributed by atoms with Gasteiger partial charge in [0.05, 0.1) is 5.69 Å². The van der Waals surface area contributed by atoms with Crippen molar-refractivity contribution < 1.29 is 9.18 Å². The van der Waals surface area contributed by atoms with Gasteiger partial charge in [-0.2, -0.15) is 5.10 Å². The van der Waals surface area contributed by atoms with E-state index in [2.05, 4.69) is 10.4 Å². The lowest BCUT2D eigenvalue weighted by molar-refractivity contribution is -0.116. The van der Waals surface area contributed by atoms with Gasteiger partial charge in [0.15, 0.2) is 0 Å². The van der Waals surface area contributed by atoms with E-state index in [1.165, 1.54) is 18.2 Å². The Kier molecular flexibility index (Phi) is 4.12. The van der Waals surface area contributed by atoms with Crippen molar-refractivity contribution in [2.24, 2.45) is 0 Å². The third-order valence-corrected chi connectivity index (χ3v) is 2.61. The molecule has 1 amide bonds. The number of aryl methyl sites for hydroxylation is 1. The van der Waals surface area contributed by atoms with E-state index < -0.39 is 5.82 Å². The first-order valence-corrected chi connectivity index (χ1v) is 5.97. The largest absolute Gasteiger partial charge is 0.399 e. The second-order valence-electron chi connectivity index (χ2n) is 4.16. The second-order valence-corrected chi connectivity index (χ2v) is 4.16. The van der Waals surface area contributed by atoms with Crippen LogP contribution in [0, 0.1) is 5.82 Å². The van der Waals surface area contributed by atoms with Gasteiger partial charge in [0.1, 0.15) is 5.82 Å². The number of nitrogens with zero attached hydrogens (tertiary/aromatic N) is 2. The minimum atomic E-state index is -0.491. The molecule has 0 aliphatic rings. The van der Waals surface area contributed by atoms with Crippen LogP contribution in [0.15, 0.2) is 36.7 Å². The fourth-order valence-electron chi connectivity index (χ4n) is 1.69. The van der Waals surface area contributed by atoms with Crippen LogP contribution in [-0.4, -0.2) is 15.7 Å². The summed E-state index contributed by atoms with van der Waals surface area (Å²) in [5.74, 6) is -0.730. The summed E-state index contributed by atoms with van der Waals surface area (Å²) in [5, 5.41) is 6.54. The zero-order chi connectivity index (χ0) is 13.7. The van der Waals surface area contributed by atoms with Gasteiger partial charge in [0.25, 0.3) is 0 Å². The number of benzene rings is 1. The Morgan fingerprint density at radius 1 is 1.47 bits per heavy atom. The average molecular weight is 262 g/mol. The van der Waals surface area contributed by atoms with Crippen LogP contribution < -0.4 is 11.1 Å². The number of halogens is 1. The van der Waals surface area contributed by atoms with Crippen LogP contribution in [0.1, 0.15) is 12.8 Å². The maximum Gasteiger partial charge on any atom is 0.224 e. The third-order valence-electron chi connectivity index (χ3n) is 2.61. The van der Waals surface area contributed by atoms with Crippen LogP contribution in [0.4, 0.5) is 15.8 Å². The van der Waals surface area contributed by atoms with Gasteiger partial charge >= 0.3 is 0 Å². The number of nitrogens with two attached hydrogens (primary N) is 1. The molecule has 0 bridgehead atoms. The highest BCUT2D eigenvalue weighted by Gasteiger charge is 2.07. The predicted molar refractivity (Wildman–Crippen MR) is 70.9 cm³/mol. The van der Waals surface area contributed by atoms with Gasteiger partial charge in [0.2, 0.25) is 5.91 Å². The molecule has 3 N–H and O–H groups in total. The highest BCUT2D eigenvalue weighted by molar-refractivity contribution is 5.91. The van der Waals surface area contributed by atoms with Gasteiger partial charge < -0.3 is 11.1 Å². The first-order chi connectivity index (χ1) is 9.15. The number of carbonyl (C=O) groups excluding carboxylic acids is 1. The normalized spacial score (nSPS) is 10.4. The Labute approximate surface area is 110 Å². The van der Waals surface area contributed by atoms with Crippen molar-refractivity contribution in [1.82, 2.24) is 9.78 Å². The molecule has 1 aromatic carbocycles. The minimum Gasteiger partial charge on any atom is -0.399 e. The highest BCUT2D eigenvalue weighted by atomic mass is 19.1. The predicted octanol–water partition coefficient (Wildman–Crippen LogP) is 2.02. The molecule has 1 heterocycles. The van der Waals surface area contributed by atoms with Gasteiger partial charge in [-0.1, -0.05) is 0 Å². The lowest BCUT2D eigenvalue weighted by atomic mass is 10.2. The van der Waals surface area contributed by atoms with Crippen molar-refractivity contribution in [3.8, 4) is 0 Å². The molecular weight excluding hydrogens is 247 g/mol. The van der Waals surface area contributed by atoms with Crippen LogP contribution in [0.2, 0.25) is 0 Å². The molecule has 0 spiro atoms. The summed E-state index contributed by atoms with van der Waals surface area (Å²) in [5.41, 5.74) is 6.06. The lowest BCUT2D eigenvalue weighted by Gasteiger charge is -2.07. The van der Waals surface area contributed by atoms with Gasteiger partial charge in [0, 0.05) is 31.0 Å². The number of amides is 1. The quantitative estimate of drug-likeness (QED) is 0.810. The molecule has 0 aliphatic heterocycles. The molecule has 6 heteroatoms. The Bertz CT molecular complexity index is 554. The van der Waals surface area contributed by atoms with E-state index >= 15 is 0 Å². The molecule has 19 heavy (non-hydrogen) atoms. The number of hydrogen-bond acceptors (Lipinski definition) is 3. The topological polar surface area (TPSA) is 72.9 Å². The number of anilines is 2. The number of nitrogen functional groups attached to an aromatic ring is 1. The third kappa shape index (κ3) is 3.80. The number of rotatable bonds is 5. The first-order valence-electron chi connectivity index (χ1n) is 5.97. The molecule has 0 unspecified atom stereocenters. The fraction of sp³-hybridized carbons (Fsp3) is 0.231. The average Bonchev–Trinajstić information content (AvgIpc) is 2.87. The molecule has 5 nitrogen and oxygen atoms in total. The molecule has 100 valence electrons. The van der Waals surface area contributed by atoms with E-state index in [0.29, 0.717) is 25.1 Å². The molecule has 0 saturated heterocycles. The van der Waals surface area contributed by atoms with Crippen LogP contribution >= 0.6 is 0 Å². The van der Waals surface area contributed by atoms with Crippen LogP contribution in [0.25, 0.3) is 0 Å². The molecular formula is C13H15FN4O. The molecule has 0 aliphatic carbocycles. The maximum absolute atomic E-state index is 13.4. The Morgan fingerprint density at radius 3 is 3.05 bits per heavy atom. The van der Waals surface area contributed by atoms with Gasteiger partial charge in [-0.3, -0.25) is 9.48 Å². The summed E-state index contributed by atoms with van der Waals surface area (Å²) in [7, 11) is 0. The Hall–Kier alpha value is -2.37. The highest BCUT2D eigenvalue weighted by Crippen LogP contribution is 2.17. The standard InChI is InChI=1S/C13H15FN4O/c14-11-5-4-10(15)9-12(11)17-13(19)3-1-7-18-8-2-6-16-18/h2,4-6,8-9H,1,3,7,15H2,(H,17,19). The number of carbonyl (C=O) groups is 1. The van der Waals surface area contributed by atoms with Gasteiger partial charge in [-0.15, -0.1) is 0 Å². The van der Waals surface area contributed by atoms with Crippen molar-refractivity contribution in [1.29, 1.82) is 0 Å². The Morgan fingerprint density at radius 2 is 2.32 bits per heavy atom. The lowest BCUT2D eigenvalue weighted by Crippen LogP contribution is -2.13. The summed E-state index contributed by atoms with van der Waals surface area (Å²) in [6.07, 6.45) is 4.45. The first kappa shape index (κ1) is 13.1. The molecule has 1 aromatic heterocycles. The summed E-state index contributed by atoms with van der Waals surface area (Å²) >= 11 is 0. The van der Waals surface area contributed by atoms with E-state index in [-0.39, 0.29) is 11.6 Å². The summed E-state index contributed by atoms with van der Waals surface area (Å²) in [6, 6.07) is 5.90. The molecule has 2 aromatic rings. The zero-order valence-electron chi connectivity index (χ0n) is 10.3. The van der Waals surface area contributed by atoms with Crippen molar-refractivity contribution >= 4 is 17.3 Å².